The minimum Gasteiger partial charge on any atom is -0.362 e. The molecule has 2 nitrogen and oxygen atoms in total. The molecule has 0 aliphatic heterocycles. The Morgan fingerprint density at radius 1 is 0.703 bits per heavy atom. The Morgan fingerprint density at radius 3 is 1.84 bits per heavy atom. The molecule has 5 rings (SSSR count). The van der Waals surface area contributed by atoms with E-state index in [1.807, 2.05) is 12.3 Å². The zero-order valence-electron chi connectivity index (χ0n) is 22.1. The van der Waals surface area contributed by atoms with Gasteiger partial charge in [-0.05, 0) is 91.1 Å². The third-order valence-corrected chi connectivity index (χ3v) is 6.54. The second-order valence-corrected chi connectivity index (χ2v) is 9.30. The smallest absolute Gasteiger partial charge is 0.0409 e. The summed E-state index contributed by atoms with van der Waals surface area (Å²) >= 11 is 0. The van der Waals surface area contributed by atoms with Crippen molar-refractivity contribution in [2.75, 3.05) is 17.3 Å². The molecule has 0 aromatic heterocycles. The molecule has 1 aliphatic carbocycles. The molecule has 0 saturated heterocycles. The number of allylic oxidation sites excluding steroid dienone is 7. The summed E-state index contributed by atoms with van der Waals surface area (Å²) in [5.74, 6) is 0. The van der Waals surface area contributed by atoms with Crippen LogP contribution in [-0.2, 0) is 0 Å². The molecule has 0 radical (unpaired) electrons. The maximum atomic E-state index is 3.33. The Hall–Kier alpha value is -4.30. The zero-order chi connectivity index (χ0) is 25.9. The molecule has 0 heterocycles. The van der Waals surface area contributed by atoms with Crippen molar-refractivity contribution in [2.45, 2.75) is 26.7 Å². The summed E-state index contributed by atoms with van der Waals surface area (Å²) in [5.41, 5.74) is 7.50. The number of nitrogens with zero attached hydrogens (tertiary/aromatic N) is 1. The maximum absolute atomic E-state index is 3.33. The SMILES string of the molecule is CC1=C(/C=C\C=C\Nc2ccc(N(C)c3ccc(C)cc3)cc2)CCC=C1.c1ccc2ccccc2c1. The van der Waals surface area contributed by atoms with E-state index in [2.05, 4.69) is 152 Å². The van der Waals surface area contributed by atoms with E-state index in [0.29, 0.717) is 0 Å². The molecule has 0 saturated carbocycles. The van der Waals surface area contributed by atoms with Crippen molar-refractivity contribution in [2.24, 2.45) is 0 Å². The molecular formula is C35H36N2. The van der Waals surface area contributed by atoms with Gasteiger partial charge in [0.1, 0.15) is 0 Å². The van der Waals surface area contributed by atoms with Crippen molar-refractivity contribution < 1.29 is 0 Å². The second-order valence-electron chi connectivity index (χ2n) is 9.30. The van der Waals surface area contributed by atoms with E-state index in [1.165, 1.54) is 38.9 Å². The summed E-state index contributed by atoms with van der Waals surface area (Å²) in [6.07, 6.45) is 15.1. The molecule has 0 bridgehead atoms. The first-order valence-corrected chi connectivity index (χ1v) is 12.9. The van der Waals surface area contributed by atoms with Crippen LogP contribution < -0.4 is 10.2 Å². The van der Waals surface area contributed by atoms with Crippen molar-refractivity contribution in [1.82, 2.24) is 0 Å². The first-order chi connectivity index (χ1) is 18.1. The number of benzene rings is 4. The lowest BCUT2D eigenvalue weighted by Gasteiger charge is -2.20. The highest BCUT2D eigenvalue weighted by Gasteiger charge is 2.03. The van der Waals surface area contributed by atoms with Crippen molar-refractivity contribution in [1.29, 1.82) is 0 Å². The van der Waals surface area contributed by atoms with Crippen molar-refractivity contribution >= 4 is 27.8 Å². The van der Waals surface area contributed by atoms with Crippen LogP contribution in [0.5, 0.6) is 0 Å². The summed E-state index contributed by atoms with van der Waals surface area (Å²) in [4.78, 5) is 2.19. The van der Waals surface area contributed by atoms with Crippen LogP contribution in [0.1, 0.15) is 25.3 Å². The van der Waals surface area contributed by atoms with Gasteiger partial charge in [0, 0.05) is 30.3 Å². The van der Waals surface area contributed by atoms with E-state index in [4.69, 9.17) is 0 Å². The van der Waals surface area contributed by atoms with Crippen LogP contribution >= 0.6 is 0 Å². The summed E-state index contributed by atoms with van der Waals surface area (Å²) in [7, 11) is 2.09. The lowest BCUT2D eigenvalue weighted by atomic mass is 9.98. The van der Waals surface area contributed by atoms with Crippen LogP contribution in [0.4, 0.5) is 17.1 Å². The van der Waals surface area contributed by atoms with Crippen LogP contribution in [0.3, 0.4) is 0 Å². The quantitative estimate of drug-likeness (QED) is 0.274. The summed E-state index contributed by atoms with van der Waals surface area (Å²) < 4.78 is 0. The van der Waals surface area contributed by atoms with Crippen LogP contribution in [0, 0.1) is 6.92 Å². The van der Waals surface area contributed by atoms with Gasteiger partial charge in [-0.3, -0.25) is 0 Å². The van der Waals surface area contributed by atoms with E-state index in [9.17, 15) is 0 Å². The second kappa shape index (κ2) is 13.1. The Morgan fingerprint density at radius 2 is 1.27 bits per heavy atom. The molecule has 4 aromatic rings. The minimum atomic E-state index is 1.08. The van der Waals surface area contributed by atoms with Crippen LogP contribution in [-0.4, -0.2) is 7.05 Å². The average Bonchev–Trinajstić information content (AvgIpc) is 2.95. The molecule has 2 heteroatoms. The molecule has 0 spiro atoms. The zero-order valence-corrected chi connectivity index (χ0v) is 22.1. The molecule has 186 valence electrons. The molecule has 0 fully saturated rings. The molecule has 37 heavy (non-hydrogen) atoms. The fourth-order valence-electron chi connectivity index (χ4n) is 4.22. The topological polar surface area (TPSA) is 15.3 Å². The lowest BCUT2D eigenvalue weighted by Crippen LogP contribution is -2.09. The summed E-state index contributed by atoms with van der Waals surface area (Å²) in [6.45, 7) is 4.28. The number of fused-ring (bicyclic) bond motifs is 1. The molecule has 0 atom stereocenters. The van der Waals surface area contributed by atoms with Gasteiger partial charge in [-0.15, -0.1) is 0 Å². The summed E-state index contributed by atoms with van der Waals surface area (Å²) in [6, 6.07) is 33.8. The third-order valence-electron chi connectivity index (χ3n) is 6.54. The highest BCUT2D eigenvalue weighted by molar-refractivity contribution is 5.82. The Balaban J connectivity index is 0.000000265. The van der Waals surface area contributed by atoms with Gasteiger partial charge in [0.05, 0.1) is 0 Å². The van der Waals surface area contributed by atoms with E-state index in [-0.39, 0.29) is 0 Å². The highest BCUT2D eigenvalue weighted by Crippen LogP contribution is 2.25. The lowest BCUT2D eigenvalue weighted by molar-refractivity contribution is 0.969. The van der Waals surface area contributed by atoms with Gasteiger partial charge in [-0.25, -0.2) is 0 Å². The largest absolute Gasteiger partial charge is 0.362 e. The maximum Gasteiger partial charge on any atom is 0.0409 e. The highest BCUT2D eigenvalue weighted by atomic mass is 15.1. The molecule has 0 amide bonds. The van der Waals surface area contributed by atoms with Crippen molar-refractivity contribution in [3.05, 3.63) is 150 Å². The normalized spacial score (nSPS) is 13.2. The molecule has 1 N–H and O–H groups in total. The van der Waals surface area contributed by atoms with Gasteiger partial charge in [0.15, 0.2) is 0 Å². The van der Waals surface area contributed by atoms with Gasteiger partial charge in [-0.2, -0.15) is 0 Å². The number of rotatable bonds is 6. The number of hydrogen-bond donors (Lipinski definition) is 1. The predicted octanol–water partition coefficient (Wildman–Crippen LogP) is 9.75. The molecule has 0 unspecified atom stereocenters. The molecule has 4 aromatic carbocycles. The fraction of sp³-hybridized carbons (Fsp3) is 0.143. The Labute approximate surface area is 222 Å². The minimum absolute atomic E-state index is 1.08. The molecule has 1 aliphatic rings. The fourth-order valence-corrected chi connectivity index (χ4v) is 4.22. The monoisotopic (exact) mass is 484 g/mol. The summed E-state index contributed by atoms with van der Waals surface area (Å²) in [5, 5.41) is 5.95. The van der Waals surface area contributed by atoms with Crippen LogP contribution in [0.25, 0.3) is 10.8 Å². The van der Waals surface area contributed by atoms with E-state index >= 15 is 0 Å². The standard InChI is InChI=1S/C25H28N2.C10H8/c1-20-11-15-24(16-12-20)27(3)25-17-13-23(14-18-25)26-19-7-6-10-22-9-5-4-8-21(22)2;1-2-6-10-8-4-3-7-9(10)5-1/h4,6-8,10-19,26H,5,9H2,1-3H3;1-8H/b10-6-,19-7+;. The van der Waals surface area contributed by atoms with E-state index in [0.717, 1.165) is 18.5 Å². The van der Waals surface area contributed by atoms with E-state index < -0.39 is 0 Å². The Bertz CT molecular complexity index is 1340. The van der Waals surface area contributed by atoms with Crippen LogP contribution in [0.2, 0.25) is 0 Å². The number of hydrogen-bond acceptors (Lipinski definition) is 2. The van der Waals surface area contributed by atoms with Crippen molar-refractivity contribution in [3.8, 4) is 0 Å². The Kier molecular flexibility index (Phi) is 9.15. The van der Waals surface area contributed by atoms with Gasteiger partial charge in [-0.1, -0.05) is 90.5 Å². The predicted molar refractivity (Wildman–Crippen MR) is 163 cm³/mol. The number of aryl methyl sites for hydroxylation is 1. The van der Waals surface area contributed by atoms with Crippen LogP contribution in [0.15, 0.2) is 145 Å². The number of nitrogens with one attached hydrogen (secondary N) is 1. The van der Waals surface area contributed by atoms with Crippen molar-refractivity contribution in [3.63, 3.8) is 0 Å². The van der Waals surface area contributed by atoms with Gasteiger partial charge in [0.2, 0.25) is 0 Å². The molecular weight excluding hydrogens is 448 g/mol. The average molecular weight is 485 g/mol. The van der Waals surface area contributed by atoms with E-state index in [1.54, 1.807) is 0 Å². The number of anilines is 3. The first-order valence-electron chi connectivity index (χ1n) is 12.9. The third kappa shape index (κ3) is 7.59. The first kappa shape index (κ1) is 25.8. The van der Waals surface area contributed by atoms with Gasteiger partial charge < -0.3 is 10.2 Å². The van der Waals surface area contributed by atoms with Gasteiger partial charge in [0.25, 0.3) is 0 Å². The van der Waals surface area contributed by atoms with Gasteiger partial charge >= 0.3 is 0 Å².